The molecule has 17 heavy (non-hydrogen) atoms. The summed E-state index contributed by atoms with van der Waals surface area (Å²) in [5.41, 5.74) is 6.59. The molecule has 0 saturated heterocycles. The number of pyridine rings is 2. The van der Waals surface area contributed by atoms with Crippen LogP contribution >= 0.6 is 0 Å². The molecule has 2 rings (SSSR count). The van der Waals surface area contributed by atoms with E-state index in [1.54, 1.807) is 24.5 Å². The van der Waals surface area contributed by atoms with E-state index in [1.165, 1.54) is 0 Å². The third kappa shape index (κ3) is 2.11. The highest BCUT2D eigenvalue weighted by Crippen LogP contribution is 2.25. The first-order valence-electron chi connectivity index (χ1n) is 5.44. The topological polar surface area (TPSA) is 68.9 Å². The highest BCUT2D eigenvalue weighted by Gasteiger charge is 2.25. The van der Waals surface area contributed by atoms with Crippen molar-refractivity contribution in [2.45, 2.75) is 20.8 Å². The van der Waals surface area contributed by atoms with Crippen molar-refractivity contribution in [1.29, 1.82) is 0 Å². The molecule has 0 unspecified atom stereocenters. The fourth-order valence-electron chi connectivity index (χ4n) is 1.62. The summed E-state index contributed by atoms with van der Waals surface area (Å²) in [6, 6.07) is 3.54. The van der Waals surface area contributed by atoms with Crippen molar-refractivity contribution in [3.63, 3.8) is 0 Å². The quantitative estimate of drug-likeness (QED) is 0.762. The van der Waals surface area contributed by atoms with Crippen molar-refractivity contribution in [3.05, 3.63) is 30.1 Å². The zero-order valence-electron chi connectivity index (χ0n) is 10.2. The van der Waals surface area contributed by atoms with Gasteiger partial charge in [-0.1, -0.05) is 20.8 Å². The second-order valence-corrected chi connectivity index (χ2v) is 5.07. The van der Waals surface area contributed by atoms with Crippen LogP contribution in [-0.2, 0) is 0 Å². The monoisotopic (exact) mass is 229 g/mol. The van der Waals surface area contributed by atoms with Gasteiger partial charge in [0.2, 0.25) is 0 Å². The molecule has 0 amide bonds. The molecule has 0 fully saturated rings. The van der Waals surface area contributed by atoms with Gasteiger partial charge in [0, 0.05) is 23.2 Å². The van der Waals surface area contributed by atoms with Gasteiger partial charge in [0.15, 0.2) is 5.78 Å². The number of carbonyl (C=O) groups is 1. The van der Waals surface area contributed by atoms with Gasteiger partial charge in [0.05, 0.1) is 11.1 Å². The van der Waals surface area contributed by atoms with Crippen LogP contribution in [0.2, 0.25) is 0 Å². The van der Waals surface area contributed by atoms with Crippen molar-refractivity contribution >= 4 is 22.5 Å². The summed E-state index contributed by atoms with van der Waals surface area (Å²) >= 11 is 0. The van der Waals surface area contributed by atoms with Crippen LogP contribution in [0.1, 0.15) is 31.1 Å². The summed E-state index contributed by atoms with van der Waals surface area (Å²) in [5.74, 6) is 0.275. The normalized spacial score (nSPS) is 11.7. The molecule has 0 aliphatic carbocycles. The average Bonchev–Trinajstić information content (AvgIpc) is 2.26. The maximum absolute atomic E-state index is 12.2. The molecule has 0 aliphatic heterocycles. The maximum atomic E-state index is 12.2. The van der Waals surface area contributed by atoms with Crippen molar-refractivity contribution in [3.8, 4) is 0 Å². The van der Waals surface area contributed by atoms with Crippen molar-refractivity contribution in [1.82, 2.24) is 9.97 Å². The van der Waals surface area contributed by atoms with E-state index in [2.05, 4.69) is 9.97 Å². The minimum atomic E-state index is -0.467. The van der Waals surface area contributed by atoms with Gasteiger partial charge in [-0.25, -0.2) is 4.98 Å². The van der Waals surface area contributed by atoms with Gasteiger partial charge in [-0.05, 0) is 12.1 Å². The number of aromatic nitrogens is 2. The molecule has 0 saturated carbocycles. The van der Waals surface area contributed by atoms with E-state index in [0.29, 0.717) is 5.56 Å². The molecule has 0 aromatic carbocycles. The molecular weight excluding hydrogens is 214 g/mol. The summed E-state index contributed by atoms with van der Waals surface area (Å²) in [6.45, 7) is 5.59. The zero-order chi connectivity index (χ0) is 12.6. The Labute approximate surface area is 99.9 Å². The van der Waals surface area contributed by atoms with E-state index in [9.17, 15) is 4.79 Å². The first-order chi connectivity index (χ1) is 7.89. The minimum absolute atomic E-state index is 0.00625. The molecule has 2 heterocycles. The van der Waals surface area contributed by atoms with Crippen LogP contribution in [0.15, 0.2) is 24.5 Å². The minimum Gasteiger partial charge on any atom is -0.383 e. The van der Waals surface area contributed by atoms with Gasteiger partial charge in [0.1, 0.15) is 5.82 Å². The van der Waals surface area contributed by atoms with E-state index >= 15 is 0 Å². The second kappa shape index (κ2) is 3.80. The SMILES string of the molecule is CC(C)(C)C(=O)c1cc2cnccc2nc1N. The van der Waals surface area contributed by atoms with E-state index in [0.717, 1.165) is 10.9 Å². The number of hydrogen-bond acceptors (Lipinski definition) is 4. The highest BCUT2D eigenvalue weighted by molar-refractivity contribution is 6.05. The number of carbonyl (C=O) groups excluding carboxylic acids is 1. The molecule has 2 N–H and O–H groups in total. The lowest BCUT2D eigenvalue weighted by molar-refractivity contribution is 0.0859. The lowest BCUT2D eigenvalue weighted by Crippen LogP contribution is -2.21. The summed E-state index contributed by atoms with van der Waals surface area (Å²) in [7, 11) is 0. The fourth-order valence-corrected chi connectivity index (χ4v) is 1.62. The molecule has 88 valence electrons. The third-order valence-corrected chi connectivity index (χ3v) is 2.57. The number of nitrogens with two attached hydrogens (primary N) is 1. The molecule has 0 spiro atoms. The maximum Gasteiger partial charge on any atom is 0.171 e. The van der Waals surface area contributed by atoms with Gasteiger partial charge >= 0.3 is 0 Å². The molecule has 0 atom stereocenters. The van der Waals surface area contributed by atoms with Crippen LogP contribution in [0.5, 0.6) is 0 Å². The van der Waals surface area contributed by atoms with Gasteiger partial charge in [0.25, 0.3) is 0 Å². The van der Waals surface area contributed by atoms with Crippen molar-refractivity contribution in [2.75, 3.05) is 5.73 Å². The predicted molar refractivity (Wildman–Crippen MR) is 67.7 cm³/mol. The van der Waals surface area contributed by atoms with Crippen LogP contribution in [-0.4, -0.2) is 15.8 Å². The molecule has 2 aromatic heterocycles. The molecular formula is C13H15N3O. The van der Waals surface area contributed by atoms with E-state index < -0.39 is 5.41 Å². The van der Waals surface area contributed by atoms with Gasteiger partial charge in [-0.15, -0.1) is 0 Å². The van der Waals surface area contributed by atoms with Gasteiger partial charge < -0.3 is 5.73 Å². The van der Waals surface area contributed by atoms with Crippen LogP contribution in [0, 0.1) is 5.41 Å². The van der Waals surface area contributed by atoms with Crippen LogP contribution < -0.4 is 5.73 Å². The Kier molecular flexibility index (Phi) is 2.58. The molecule has 0 aliphatic rings. The Bertz CT molecular complexity index is 585. The summed E-state index contributed by atoms with van der Waals surface area (Å²) in [5, 5.41) is 0.828. The van der Waals surface area contributed by atoms with Crippen LogP contribution in [0.25, 0.3) is 10.9 Å². The lowest BCUT2D eigenvalue weighted by Gasteiger charge is -2.17. The fraction of sp³-hybridized carbons (Fsp3) is 0.308. The summed E-state index contributed by atoms with van der Waals surface area (Å²) < 4.78 is 0. The van der Waals surface area contributed by atoms with E-state index in [-0.39, 0.29) is 11.6 Å². The Morgan fingerprint density at radius 3 is 2.71 bits per heavy atom. The number of ketones is 1. The Morgan fingerprint density at radius 1 is 1.35 bits per heavy atom. The highest BCUT2D eigenvalue weighted by atomic mass is 16.1. The predicted octanol–water partition coefficient (Wildman–Crippen LogP) is 2.44. The van der Waals surface area contributed by atoms with Gasteiger partial charge in [-0.2, -0.15) is 0 Å². The number of rotatable bonds is 1. The smallest absolute Gasteiger partial charge is 0.171 e. The molecule has 4 heteroatoms. The Morgan fingerprint density at radius 2 is 2.06 bits per heavy atom. The average molecular weight is 229 g/mol. The van der Waals surface area contributed by atoms with E-state index in [1.807, 2.05) is 20.8 Å². The number of nitrogen functional groups attached to an aromatic ring is 1. The lowest BCUT2D eigenvalue weighted by atomic mass is 9.86. The third-order valence-electron chi connectivity index (χ3n) is 2.57. The largest absolute Gasteiger partial charge is 0.383 e. The molecule has 0 bridgehead atoms. The first kappa shape index (κ1) is 11.5. The number of Topliss-reactive ketones (excluding diaryl/α,β-unsaturated/α-hetero) is 1. The Balaban J connectivity index is 2.63. The molecule has 2 aromatic rings. The zero-order valence-corrected chi connectivity index (χ0v) is 10.2. The van der Waals surface area contributed by atoms with Gasteiger partial charge in [-0.3, -0.25) is 9.78 Å². The number of nitrogens with zero attached hydrogens (tertiary/aromatic N) is 2. The summed E-state index contributed by atoms with van der Waals surface area (Å²) in [6.07, 6.45) is 3.33. The first-order valence-corrected chi connectivity index (χ1v) is 5.44. The van der Waals surface area contributed by atoms with Crippen molar-refractivity contribution in [2.24, 2.45) is 5.41 Å². The number of anilines is 1. The molecule has 4 nitrogen and oxygen atoms in total. The number of fused-ring (bicyclic) bond motifs is 1. The second-order valence-electron chi connectivity index (χ2n) is 5.07. The van der Waals surface area contributed by atoms with E-state index in [4.69, 9.17) is 5.73 Å². The van der Waals surface area contributed by atoms with Crippen molar-refractivity contribution < 1.29 is 4.79 Å². The summed E-state index contributed by atoms with van der Waals surface area (Å²) in [4.78, 5) is 20.4. The standard InChI is InChI=1S/C13H15N3O/c1-13(2,3)11(17)9-6-8-7-15-5-4-10(8)16-12(9)14/h4-7H,1-3H3,(H2,14,16). The number of hydrogen-bond donors (Lipinski definition) is 1. The Hall–Kier alpha value is -1.97. The van der Waals surface area contributed by atoms with Crippen LogP contribution in [0.3, 0.4) is 0 Å². The van der Waals surface area contributed by atoms with Crippen LogP contribution in [0.4, 0.5) is 5.82 Å². The molecule has 0 radical (unpaired) electrons.